The van der Waals surface area contributed by atoms with E-state index in [9.17, 15) is 0 Å². The number of hydrogen-bond acceptors (Lipinski definition) is 4. The zero-order valence-corrected chi connectivity index (χ0v) is 12.1. The molecule has 2 heterocycles. The molecule has 0 amide bonds. The summed E-state index contributed by atoms with van der Waals surface area (Å²) in [6.07, 6.45) is 7.59. The van der Waals surface area contributed by atoms with E-state index in [2.05, 4.69) is 39.2 Å². The molecule has 0 aliphatic carbocycles. The van der Waals surface area contributed by atoms with Crippen molar-refractivity contribution >= 4 is 23.1 Å². The van der Waals surface area contributed by atoms with Gasteiger partial charge in [-0.3, -0.25) is 0 Å². The number of hydrogen-bond donors (Lipinski definition) is 0. The largest absolute Gasteiger partial charge is 0.361 e. The van der Waals surface area contributed by atoms with Gasteiger partial charge in [0.15, 0.2) is 17.0 Å². The Balaban J connectivity index is 1.85. The lowest BCUT2D eigenvalue weighted by atomic mass is 10.2. The van der Waals surface area contributed by atoms with Crippen LogP contribution in [-0.4, -0.2) is 33.6 Å². The summed E-state index contributed by atoms with van der Waals surface area (Å²) >= 11 is 0. The quantitative estimate of drug-likeness (QED) is 0.736. The molecular weight excluding hydrogens is 262 g/mol. The highest BCUT2D eigenvalue weighted by atomic mass is 15.2. The van der Waals surface area contributed by atoms with Gasteiger partial charge in [-0.05, 0) is 5.56 Å². The Morgan fingerprint density at radius 2 is 1.90 bits per heavy atom. The number of benzene rings is 1. The summed E-state index contributed by atoms with van der Waals surface area (Å²) in [5.41, 5.74) is 2.87. The van der Waals surface area contributed by atoms with Gasteiger partial charge in [-0.2, -0.15) is 0 Å². The van der Waals surface area contributed by atoms with Gasteiger partial charge in [0.05, 0.1) is 6.33 Å². The summed E-state index contributed by atoms with van der Waals surface area (Å²) in [6, 6.07) is 10.2. The van der Waals surface area contributed by atoms with Gasteiger partial charge in [-0.15, -0.1) is 0 Å². The van der Waals surface area contributed by atoms with Crippen LogP contribution in [0.15, 0.2) is 49.1 Å². The molecule has 0 fully saturated rings. The van der Waals surface area contributed by atoms with E-state index in [4.69, 9.17) is 0 Å². The van der Waals surface area contributed by atoms with E-state index >= 15 is 0 Å². The van der Waals surface area contributed by atoms with Crippen molar-refractivity contribution < 1.29 is 0 Å². The second-order valence-electron chi connectivity index (χ2n) is 4.97. The number of fused-ring (bicyclic) bond motifs is 1. The Kier molecular flexibility index (Phi) is 3.64. The maximum absolute atomic E-state index is 4.43. The summed E-state index contributed by atoms with van der Waals surface area (Å²) in [4.78, 5) is 15.0. The molecule has 5 heteroatoms. The van der Waals surface area contributed by atoms with E-state index < -0.39 is 0 Å². The molecule has 2 aromatic heterocycles. The molecule has 0 aliphatic heterocycles. The molecular formula is C16H17N5. The number of imidazole rings is 1. The van der Waals surface area contributed by atoms with Crippen LogP contribution in [0.4, 0.5) is 5.82 Å². The van der Waals surface area contributed by atoms with Gasteiger partial charge in [-0.25, -0.2) is 15.0 Å². The van der Waals surface area contributed by atoms with E-state index in [0.29, 0.717) is 0 Å². The van der Waals surface area contributed by atoms with Gasteiger partial charge < -0.3 is 9.47 Å². The molecule has 0 bridgehead atoms. The minimum atomic E-state index is 0.731. The number of nitrogens with zero attached hydrogens (tertiary/aromatic N) is 5. The third-order valence-electron chi connectivity index (χ3n) is 3.22. The fraction of sp³-hybridized carbons (Fsp3) is 0.188. The van der Waals surface area contributed by atoms with Gasteiger partial charge in [0.1, 0.15) is 6.33 Å². The fourth-order valence-electron chi connectivity index (χ4n) is 2.20. The minimum Gasteiger partial charge on any atom is -0.361 e. The lowest BCUT2D eigenvalue weighted by Gasteiger charge is -2.10. The average Bonchev–Trinajstić information content (AvgIpc) is 2.91. The topological polar surface area (TPSA) is 46.8 Å². The molecule has 0 unspecified atom stereocenters. The Morgan fingerprint density at radius 1 is 1.10 bits per heavy atom. The molecule has 0 radical (unpaired) electrons. The Labute approximate surface area is 123 Å². The monoisotopic (exact) mass is 279 g/mol. The molecule has 0 aliphatic rings. The van der Waals surface area contributed by atoms with E-state index in [-0.39, 0.29) is 0 Å². The lowest BCUT2D eigenvalue weighted by Crippen LogP contribution is -2.11. The Hall–Kier alpha value is -2.69. The fourth-order valence-corrected chi connectivity index (χ4v) is 2.20. The molecule has 21 heavy (non-hydrogen) atoms. The predicted molar refractivity (Wildman–Crippen MR) is 85.1 cm³/mol. The first-order chi connectivity index (χ1) is 10.3. The first-order valence-corrected chi connectivity index (χ1v) is 6.80. The maximum Gasteiger partial charge on any atom is 0.165 e. The molecule has 106 valence electrons. The smallest absolute Gasteiger partial charge is 0.165 e. The summed E-state index contributed by atoms with van der Waals surface area (Å²) in [6.45, 7) is 0.731. The second-order valence-corrected chi connectivity index (χ2v) is 4.97. The van der Waals surface area contributed by atoms with Crippen molar-refractivity contribution in [3.63, 3.8) is 0 Å². The number of anilines is 1. The van der Waals surface area contributed by atoms with Crippen LogP contribution in [0.5, 0.6) is 0 Å². The number of allylic oxidation sites excluding steroid dienone is 1. The highest BCUT2D eigenvalue weighted by Crippen LogP contribution is 2.19. The van der Waals surface area contributed by atoms with Crippen LogP contribution in [0.1, 0.15) is 5.56 Å². The highest BCUT2D eigenvalue weighted by Gasteiger charge is 2.10. The molecule has 0 saturated heterocycles. The number of rotatable bonds is 4. The van der Waals surface area contributed by atoms with E-state index in [0.717, 1.165) is 23.5 Å². The van der Waals surface area contributed by atoms with Crippen LogP contribution >= 0.6 is 0 Å². The minimum absolute atomic E-state index is 0.731. The first kappa shape index (κ1) is 13.3. The summed E-state index contributed by atoms with van der Waals surface area (Å²) < 4.78 is 2.02. The van der Waals surface area contributed by atoms with Crippen LogP contribution < -0.4 is 4.90 Å². The normalized spacial score (nSPS) is 11.3. The zero-order chi connectivity index (χ0) is 14.7. The molecule has 0 saturated carbocycles. The van der Waals surface area contributed by atoms with Crippen LogP contribution in [-0.2, 0) is 6.54 Å². The summed E-state index contributed by atoms with van der Waals surface area (Å²) in [5.74, 6) is 0.839. The second kappa shape index (κ2) is 5.75. The van der Waals surface area contributed by atoms with Gasteiger partial charge in [-0.1, -0.05) is 42.5 Å². The van der Waals surface area contributed by atoms with Crippen molar-refractivity contribution in [3.8, 4) is 0 Å². The number of aromatic nitrogens is 4. The maximum atomic E-state index is 4.43. The SMILES string of the molecule is CN(C)c1ncnc2c1ncn2C/C=C/c1ccccc1. The molecule has 0 spiro atoms. The van der Waals surface area contributed by atoms with Crippen molar-refractivity contribution in [1.29, 1.82) is 0 Å². The van der Waals surface area contributed by atoms with Gasteiger partial charge >= 0.3 is 0 Å². The van der Waals surface area contributed by atoms with Crippen LogP contribution in [0.3, 0.4) is 0 Å². The van der Waals surface area contributed by atoms with Crippen LogP contribution in [0.2, 0.25) is 0 Å². The van der Waals surface area contributed by atoms with E-state index in [1.54, 1.807) is 6.33 Å². The van der Waals surface area contributed by atoms with Crippen molar-refractivity contribution in [1.82, 2.24) is 19.5 Å². The van der Waals surface area contributed by atoms with E-state index in [1.165, 1.54) is 5.56 Å². The molecule has 1 aromatic carbocycles. The lowest BCUT2D eigenvalue weighted by molar-refractivity contribution is 0.839. The zero-order valence-electron chi connectivity index (χ0n) is 12.1. The first-order valence-electron chi connectivity index (χ1n) is 6.80. The van der Waals surface area contributed by atoms with E-state index in [1.807, 2.05) is 48.1 Å². The Bertz CT molecular complexity index is 759. The third-order valence-corrected chi connectivity index (χ3v) is 3.22. The molecule has 5 nitrogen and oxygen atoms in total. The van der Waals surface area contributed by atoms with Crippen LogP contribution in [0, 0.1) is 0 Å². The molecule has 3 aromatic rings. The third kappa shape index (κ3) is 2.76. The average molecular weight is 279 g/mol. The van der Waals surface area contributed by atoms with Gasteiger partial charge in [0, 0.05) is 20.6 Å². The standard InChI is InChI=1S/C16H17N5/c1-20(2)15-14-16(18-11-17-15)21(12-19-14)10-6-9-13-7-4-3-5-8-13/h3-9,11-12H,10H2,1-2H3/b9-6+. The van der Waals surface area contributed by atoms with Crippen molar-refractivity contribution in [2.45, 2.75) is 6.54 Å². The predicted octanol–water partition coefficient (Wildman–Crippen LogP) is 2.61. The highest BCUT2D eigenvalue weighted by molar-refractivity contribution is 5.83. The van der Waals surface area contributed by atoms with Crippen LogP contribution in [0.25, 0.3) is 17.2 Å². The summed E-state index contributed by atoms with van der Waals surface area (Å²) in [5, 5.41) is 0. The van der Waals surface area contributed by atoms with Crippen molar-refractivity contribution in [3.05, 3.63) is 54.6 Å². The van der Waals surface area contributed by atoms with Crippen molar-refractivity contribution in [2.24, 2.45) is 0 Å². The molecule has 0 N–H and O–H groups in total. The molecule has 0 atom stereocenters. The van der Waals surface area contributed by atoms with Crippen molar-refractivity contribution in [2.75, 3.05) is 19.0 Å². The van der Waals surface area contributed by atoms with Gasteiger partial charge in [0.2, 0.25) is 0 Å². The summed E-state index contributed by atoms with van der Waals surface area (Å²) in [7, 11) is 3.91. The molecule has 3 rings (SSSR count). The van der Waals surface area contributed by atoms with Gasteiger partial charge in [0.25, 0.3) is 0 Å². The Morgan fingerprint density at radius 3 is 2.67 bits per heavy atom.